The van der Waals surface area contributed by atoms with E-state index in [4.69, 9.17) is 16.3 Å². The normalized spacial score (nSPS) is 20.2. The average Bonchev–Trinajstić information content (AvgIpc) is 2.66. The van der Waals surface area contributed by atoms with E-state index in [0.717, 1.165) is 25.8 Å². The van der Waals surface area contributed by atoms with Gasteiger partial charge in [0.05, 0.1) is 18.7 Å². The van der Waals surface area contributed by atoms with Gasteiger partial charge in [-0.1, -0.05) is 24.4 Å². The van der Waals surface area contributed by atoms with Crippen molar-refractivity contribution in [1.82, 2.24) is 5.32 Å². The van der Waals surface area contributed by atoms with Crippen molar-refractivity contribution in [3.05, 3.63) is 28.8 Å². The summed E-state index contributed by atoms with van der Waals surface area (Å²) in [5.41, 5.74) is 0.574. The lowest BCUT2D eigenvalue weighted by atomic mass is 9.99. The molecule has 0 radical (unpaired) electrons. The van der Waals surface area contributed by atoms with Gasteiger partial charge >= 0.3 is 0 Å². The fourth-order valence-corrected chi connectivity index (χ4v) is 2.48. The van der Waals surface area contributed by atoms with E-state index in [2.05, 4.69) is 5.32 Å². The first kappa shape index (κ1) is 13.4. The molecule has 1 aliphatic rings. The summed E-state index contributed by atoms with van der Waals surface area (Å²) in [6, 6.07) is 5.05. The smallest absolute Gasteiger partial charge is 0.183 e. The molecule has 2 rings (SSSR count). The number of rotatable bonds is 3. The summed E-state index contributed by atoms with van der Waals surface area (Å²) in [4.78, 5) is 12.5. The van der Waals surface area contributed by atoms with E-state index in [9.17, 15) is 4.79 Å². The van der Waals surface area contributed by atoms with Gasteiger partial charge in [0.1, 0.15) is 5.75 Å². The molecule has 0 amide bonds. The highest BCUT2D eigenvalue weighted by Gasteiger charge is 2.23. The van der Waals surface area contributed by atoms with Crippen molar-refractivity contribution in [2.45, 2.75) is 31.7 Å². The largest absolute Gasteiger partial charge is 0.496 e. The highest BCUT2D eigenvalue weighted by Crippen LogP contribution is 2.25. The maximum absolute atomic E-state index is 12.5. The molecule has 98 valence electrons. The van der Waals surface area contributed by atoms with Gasteiger partial charge in [-0.05, 0) is 37.6 Å². The predicted octanol–water partition coefficient (Wildman–Crippen LogP) is 3.06. The van der Waals surface area contributed by atoms with Gasteiger partial charge in [0.15, 0.2) is 5.78 Å². The summed E-state index contributed by atoms with van der Waals surface area (Å²) < 4.78 is 5.24. The summed E-state index contributed by atoms with van der Waals surface area (Å²) in [5.74, 6) is 0.673. The minimum Gasteiger partial charge on any atom is -0.496 e. The summed E-state index contributed by atoms with van der Waals surface area (Å²) >= 11 is 5.96. The predicted molar refractivity (Wildman–Crippen MR) is 72.6 cm³/mol. The molecule has 0 spiro atoms. The van der Waals surface area contributed by atoms with Crippen molar-refractivity contribution in [3.63, 3.8) is 0 Å². The Labute approximate surface area is 112 Å². The first-order chi connectivity index (χ1) is 8.72. The molecule has 4 heteroatoms. The Balaban J connectivity index is 2.23. The molecular weight excluding hydrogens is 250 g/mol. The van der Waals surface area contributed by atoms with Crippen LogP contribution in [0.15, 0.2) is 18.2 Å². The number of hydrogen-bond acceptors (Lipinski definition) is 3. The average molecular weight is 268 g/mol. The van der Waals surface area contributed by atoms with E-state index < -0.39 is 0 Å². The van der Waals surface area contributed by atoms with Crippen LogP contribution in [0, 0.1) is 0 Å². The molecule has 0 bridgehead atoms. The maximum atomic E-state index is 12.5. The molecule has 1 fully saturated rings. The maximum Gasteiger partial charge on any atom is 0.183 e. The standard InChI is InChI=1S/C14H18ClNO2/c1-18-13-7-6-10(15)9-11(13)14(17)12-5-3-2-4-8-16-12/h6-7,9,12,16H,2-5,8H2,1H3. The van der Waals surface area contributed by atoms with Gasteiger partial charge in [-0.2, -0.15) is 0 Å². The molecule has 1 aromatic carbocycles. The van der Waals surface area contributed by atoms with Crippen LogP contribution in [0.25, 0.3) is 0 Å². The van der Waals surface area contributed by atoms with E-state index in [0.29, 0.717) is 16.3 Å². The number of nitrogens with one attached hydrogen (secondary N) is 1. The Bertz CT molecular complexity index is 426. The zero-order valence-corrected chi connectivity index (χ0v) is 11.3. The Morgan fingerprint density at radius 3 is 3.00 bits per heavy atom. The molecule has 1 atom stereocenters. The van der Waals surface area contributed by atoms with Crippen LogP contribution >= 0.6 is 11.6 Å². The third-order valence-electron chi connectivity index (χ3n) is 3.30. The lowest BCUT2D eigenvalue weighted by molar-refractivity contribution is 0.0937. The molecule has 0 aromatic heterocycles. The van der Waals surface area contributed by atoms with E-state index in [1.54, 1.807) is 25.3 Å². The summed E-state index contributed by atoms with van der Waals surface area (Å²) in [6.07, 6.45) is 4.29. The van der Waals surface area contributed by atoms with Crippen LogP contribution in [-0.2, 0) is 0 Å². The lowest BCUT2D eigenvalue weighted by Gasteiger charge is -2.16. The number of carbonyl (C=O) groups is 1. The van der Waals surface area contributed by atoms with Gasteiger partial charge in [-0.25, -0.2) is 0 Å². The first-order valence-electron chi connectivity index (χ1n) is 6.33. The van der Waals surface area contributed by atoms with Crippen molar-refractivity contribution in [1.29, 1.82) is 0 Å². The number of ketones is 1. The highest BCUT2D eigenvalue weighted by molar-refractivity contribution is 6.31. The van der Waals surface area contributed by atoms with Crippen LogP contribution in [0.2, 0.25) is 5.02 Å². The number of hydrogen-bond donors (Lipinski definition) is 1. The SMILES string of the molecule is COc1ccc(Cl)cc1C(=O)C1CCCCCN1. The van der Waals surface area contributed by atoms with Crippen molar-refractivity contribution in [3.8, 4) is 5.75 Å². The van der Waals surface area contributed by atoms with Crippen molar-refractivity contribution in [2.24, 2.45) is 0 Å². The number of benzene rings is 1. The second-order valence-electron chi connectivity index (χ2n) is 4.56. The zero-order chi connectivity index (χ0) is 13.0. The number of methoxy groups -OCH3 is 1. The van der Waals surface area contributed by atoms with Crippen LogP contribution in [0.5, 0.6) is 5.75 Å². The van der Waals surface area contributed by atoms with Gasteiger partial charge in [0.25, 0.3) is 0 Å². The van der Waals surface area contributed by atoms with Gasteiger partial charge < -0.3 is 10.1 Å². The quantitative estimate of drug-likeness (QED) is 0.856. The van der Waals surface area contributed by atoms with Crippen LogP contribution in [-0.4, -0.2) is 25.5 Å². The Hall–Kier alpha value is -1.06. The Kier molecular flexibility index (Phi) is 4.61. The number of halogens is 1. The van der Waals surface area contributed by atoms with Crippen LogP contribution in [0.1, 0.15) is 36.0 Å². The molecule has 1 heterocycles. The molecule has 1 unspecified atom stereocenters. The lowest BCUT2D eigenvalue weighted by Crippen LogP contribution is -2.36. The minimum absolute atomic E-state index is 0.0799. The monoisotopic (exact) mass is 267 g/mol. The third-order valence-corrected chi connectivity index (χ3v) is 3.54. The van der Waals surface area contributed by atoms with Gasteiger partial charge in [0.2, 0.25) is 0 Å². The fraction of sp³-hybridized carbons (Fsp3) is 0.500. The topological polar surface area (TPSA) is 38.3 Å². The first-order valence-corrected chi connectivity index (χ1v) is 6.71. The van der Waals surface area contributed by atoms with E-state index >= 15 is 0 Å². The van der Waals surface area contributed by atoms with Crippen LogP contribution < -0.4 is 10.1 Å². The minimum atomic E-state index is -0.111. The fourth-order valence-electron chi connectivity index (χ4n) is 2.31. The molecule has 0 saturated carbocycles. The molecule has 1 aromatic rings. The Morgan fingerprint density at radius 1 is 1.39 bits per heavy atom. The Morgan fingerprint density at radius 2 is 2.22 bits per heavy atom. The van der Waals surface area contributed by atoms with Crippen LogP contribution in [0.4, 0.5) is 0 Å². The molecule has 1 saturated heterocycles. The molecule has 1 N–H and O–H groups in total. The van der Waals surface area contributed by atoms with E-state index in [-0.39, 0.29) is 11.8 Å². The summed E-state index contributed by atoms with van der Waals surface area (Å²) in [7, 11) is 1.57. The summed E-state index contributed by atoms with van der Waals surface area (Å²) in [6.45, 7) is 0.902. The number of Topliss-reactive ketones (excluding diaryl/α,β-unsaturated/α-hetero) is 1. The number of ether oxygens (including phenoxy) is 1. The second kappa shape index (κ2) is 6.21. The van der Waals surface area contributed by atoms with Crippen molar-refractivity contribution < 1.29 is 9.53 Å². The van der Waals surface area contributed by atoms with Gasteiger partial charge in [0, 0.05) is 5.02 Å². The van der Waals surface area contributed by atoms with E-state index in [1.807, 2.05) is 0 Å². The second-order valence-corrected chi connectivity index (χ2v) is 5.00. The summed E-state index contributed by atoms with van der Waals surface area (Å²) in [5, 5.41) is 3.87. The zero-order valence-electron chi connectivity index (χ0n) is 10.5. The molecule has 1 aliphatic heterocycles. The highest BCUT2D eigenvalue weighted by atomic mass is 35.5. The molecule has 18 heavy (non-hydrogen) atoms. The number of carbonyl (C=O) groups excluding carboxylic acids is 1. The van der Waals surface area contributed by atoms with Crippen molar-refractivity contribution >= 4 is 17.4 Å². The third kappa shape index (κ3) is 3.03. The molecule has 3 nitrogen and oxygen atoms in total. The molecule has 0 aliphatic carbocycles. The van der Waals surface area contributed by atoms with Crippen LogP contribution in [0.3, 0.4) is 0 Å². The molecular formula is C14H18ClNO2. The van der Waals surface area contributed by atoms with Gasteiger partial charge in [-0.15, -0.1) is 0 Å². The van der Waals surface area contributed by atoms with Crippen molar-refractivity contribution in [2.75, 3.05) is 13.7 Å². The van der Waals surface area contributed by atoms with E-state index in [1.165, 1.54) is 6.42 Å². The van der Waals surface area contributed by atoms with Gasteiger partial charge in [-0.3, -0.25) is 4.79 Å².